The molecule has 1 fully saturated rings. The molecule has 0 saturated carbocycles. The molecule has 1 aromatic rings. The van der Waals surface area contributed by atoms with E-state index in [0.717, 1.165) is 10.6 Å². The lowest BCUT2D eigenvalue weighted by molar-refractivity contribution is -0.126. The molecule has 1 aliphatic heterocycles. The first-order valence-corrected chi connectivity index (χ1v) is 7.80. The molecule has 1 atom stereocenters. The largest absolute Gasteiger partial charge is 0.355 e. The highest BCUT2D eigenvalue weighted by molar-refractivity contribution is 7.98. The number of amides is 2. The minimum Gasteiger partial charge on any atom is -0.355 e. The predicted octanol–water partition coefficient (Wildman–Crippen LogP) is 0.836. The van der Waals surface area contributed by atoms with E-state index in [1.54, 1.807) is 16.7 Å². The molecule has 0 bridgehead atoms. The molecular formula is C14H19N3O2S. The Balaban J connectivity index is 2.03. The molecule has 20 heavy (non-hydrogen) atoms. The summed E-state index contributed by atoms with van der Waals surface area (Å²) in [4.78, 5) is 26.7. The van der Waals surface area contributed by atoms with Crippen LogP contribution in [0, 0.1) is 5.92 Å². The first kappa shape index (κ1) is 14.9. The van der Waals surface area contributed by atoms with Gasteiger partial charge in [0.2, 0.25) is 11.8 Å². The molecule has 2 amide bonds. The molecule has 3 N–H and O–H groups in total. The molecule has 1 saturated heterocycles. The molecule has 0 spiro atoms. The van der Waals surface area contributed by atoms with E-state index >= 15 is 0 Å². The first-order chi connectivity index (χ1) is 9.65. The summed E-state index contributed by atoms with van der Waals surface area (Å²) in [7, 11) is 0. The fourth-order valence-corrected chi connectivity index (χ4v) is 2.64. The highest BCUT2D eigenvalue weighted by Crippen LogP contribution is 2.27. The van der Waals surface area contributed by atoms with E-state index in [2.05, 4.69) is 5.32 Å². The van der Waals surface area contributed by atoms with Crippen molar-refractivity contribution in [3.63, 3.8) is 0 Å². The fourth-order valence-electron chi connectivity index (χ4n) is 2.23. The highest BCUT2D eigenvalue weighted by atomic mass is 32.2. The first-order valence-electron chi connectivity index (χ1n) is 6.58. The zero-order chi connectivity index (χ0) is 14.5. The summed E-state index contributed by atoms with van der Waals surface area (Å²) < 4.78 is 0. The Kier molecular flexibility index (Phi) is 5.03. The molecule has 2 rings (SSSR count). The number of carbonyl (C=O) groups is 2. The summed E-state index contributed by atoms with van der Waals surface area (Å²) in [5.41, 5.74) is 6.20. The number of carbonyl (C=O) groups excluding carboxylic acids is 2. The van der Waals surface area contributed by atoms with E-state index in [0.29, 0.717) is 19.6 Å². The zero-order valence-electron chi connectivity index (χ0n) is 11.5. The predicted molar refractivity (Wildman–Crippen MR) is 80.7 cm³/mol. The lowest BCUT2D eigenvalue weighted by Gasteiger charge is -2.17. The summed E-state index contributed by atoms with van der Waals surface area (Å²) in [6.45, 7) is 1.30. The maximum absolute atomic E-state index is 12.0. The van der Waals surface area contributed by atoms with Gasteiger partial charge in [0, 0.05) is 36.6 Å². The lowest BCUT2D eigenvalue weighted by atomic mass is 10.1. The van der Waals surface area contributed by atoms with Crippen molar-refractivity contribution in [2.45, 2.75) is 11.3 Å². The Labute approximate surface area is 122 Å². The number of benzene rings is 1. The summed E-state index contributed by atoms with van der Waals surface area (Å²) in [6, 6.07) is 7.80. The lowest BCUT2D eigenvalue weighted by Crippen LogP contribution is -2.35. The number of anilines is 1. The molecule has 0 aromatic heterocycles. The van der Waals surface area contributed by atoms with Crippen LogP contribution in [0.4, 0.5) is 5.69 Å². The van der Waals surface area contributed by atoms with Gasteiger partial charge >= 0.3 is 0 Å². The maximum Gasteiger partial charge on any atom is 0.227 e. The zero-order valence-corrected chi connectivity index (χ0v) is 12.3. The molecule has 0 radical (unpaired) electrons. The van der Waals surface area contributed by atoms with Crippen LogP contribution in [-0.2, 0) is 9.59 Å². The second-order valence-electron chi connectivity index (χ2n) is 4.68. The average Bonchev–Trinajstić information content (AvgIpc) is 2.87. The molecule has 5 nitrogen and oxygen atoms in total. The van der Waals surface area contributed by atoms with Gasteiger partial charge in [0.05, 0.1) is 5.92 Å². The van der Waals surface area contributed by atoms with Crippen molar-refractivity contribution < 1.29 is 9.59 Å². The van der Waals surface area contributed by atoms with Gasteiger partial charge in [0.15, 0.2) is 0 Å². The number of hydrogen-bond donors (Lipinski definition) is 2. The van der Waals surface area contributed by atoms with Crippen LogP contribution in [0.3, 0.4) is 0 Å². The van der Waals surface area contributed by atoms with E-state index in [-0.39, 0.29) is 24.2 Å². The number of nitrogens with zero attached hydrogens (tertiary/aromatic N) is 1. The number of nitrogens with one attached hydrogen (secondary N) is 1. The summed E-state index contributed by atoms with van der Waals surface area (Å²) in [6.07, 6.45) is 2.27. The smallest absolute Gasteiger partial charge is 0.227 e. The fraction of sp³-hybridized carbons (Fsp3) is 0.429. The van der Waals surface area contributed by atoms with Crippen molar-refractivity contribution in [3.8, 4) is 0 Å². The Hall–Kier alpha value is -1.53. The van der Waals surface area contributed by atoms with Gasteiger partial charge in [-0.15, -0.1) is 11.8 Å². The van der Waals surface area contributed by atoms with Gasteiger partial charge in [-0.1, -0.05) is 0 Å². The topological polar surface area (TPSA) is 75.4 Å². The van der Waals surface area contributed by atoms with E-state index in [1.807, 2.05) is 30.5 Å². The molecule has 1 aliphatic rings. The summed E-state index contributed by atoms with van der Waals surface area (Å²) in [5, 5.41) is 2.74. The number of thioether (sulfide) groups is 1. The van der Waals surface area contributed by atoms with Crippen molar-refractivity contribution in [1.82, 2.24) is 5.32 Å². The Bertz CT molecular complexity index is 490. The molecule has 1 heterocycles. The third-order valence-electron chi connectivity index (χ3n) is 3.32. The van der Waals surface area contributed by atoms with Crippen LogP contribution in [-0.4, -0.2) is 37.7 Å². The highest BCUT2D eigenvalue weighted by Gasteiger charge is 2.34. The molecule has 108 valence electrons. The third-order valence-corrected chi connectivity index (χ3v) is 4.07. The van der Waals surface area contributed by atoms with E-state index in [1.165, 1.54) is 0 Å². The second-order valence-corrected chi connectivity index (χ2v) is 5.56. The second kappa shape index (κ2) is 6.76. The summed E-state index contributed by atoms with van der Waals surface area (Å²) >= 11 is 1.66. The SMILES string of the molecule is CSc1ccc(N2CC(C(=O)NCCN)CC2=O)cc1. The quantitative estimate of drug-likeness (QED) is 0.789. The van der Waals surface area contributed by atoms with Crippen LogP contribution >= 0.6 is 11.8 Å². The van der Waals surface area contributed by atoms with Crippen molar-refractivity contribution >= 4 is 29.3 Å². The van der Waals surface area contributed by atoms with Crippen LogP contribution in [0.1, 0.15) is 6.42 Å². The van der Waals surface area contributed by atoms with Crippen molar-refractivity contribution in [2.75, 3.05) is 30.8 Å². The number of nitrogens with two attached hydrogens (primary N) is 1. The molecule has 6 heteroatoms. The van der Waals surface area contributed by atoms with Gasteiger partial charge in [-0.25, -0.2) is 0 Å². The standard InChI is InChI=1S/C14H19N3O2S/c1-20-12-4-2-11(3-5-12)17-9-10(8-13(17)18)14(19)16-7-6-15/h2-5,10H,6-9,15H2,1H3,(H,16,19). The van der Waals surface area contributed by atoms with Gasteiger partial charge in [0.25, 0.3) is 0 Å². The van der Waals surface area contributed by atoms with Gasteiger partial charge in [-0.05, 0) is 30.5 Å². The van der Waals surface area contributed by atoms with Crippen LogP contribution in [0.2, 0.25) is 0 Å². The molecule has 1 aromatic carbocycles. The molecule has 1 unspecified atom stereocenters. The minimum absolute atomic E-state index is 0.00481. The van der Waals surface area contributed by atoms with Gasteiger partial charge in [-0.2, -0.15) is 0 Å². The average molecular weight is 293 g/mol. The normalized spacial score (nSPS) is 18.4. The van der Waals surface area contributed by atoms with E-state index in [9.17, 15) is 9.59 Å². The minimum atomic E-state index is -0.283. The van der Waals surface area contributed by atoms with Crippen LogP contribution < -0.4 is 16.0 Å². The van der Waals surface area contributed by atoms with Crippen molar-refractivity contribution in [3.05, 3.63) is 24.3 Å². The Morgan fingerprint density at radius 3 is 2.75 bits per heavy atom. The molecule has 0 aliphatic carbocycles. The molecular weight excluding hydrogens is 274 g/mol. The van der Waals surface area contributed by atoms with E-state index < -0.39 is 0 Å². The number of hydrogen-bond acceptors (Lipinski definition) is 4. The van der Waals surface area contributed by atoms with E-state index in [4.69, 9.17) is 5.73 Å². The Morgan fingerprint density at radius 1 is 1.45 bits per heavy atom. The van der Waals surface area contributed by atoms with Crippen LogP contribution in [0.25, 0.3) is 0 Å². The Morgan fingerprint density at radius 2 is 2.15 bits per heavy atom. The van der Waals surface area contributed by atoms with Crippen LogP contribution in [0.5, 0.6) is 0 Å². The monoisotopic (exact) mass is 293 g/mol. The van der Waals surface area contributed by atoms with Crippen molar-refractivity contribution in [1.29, 1.82) is 0 Å². The summed E-state index contributed by atoms with van der Waals surface area (Å²) in [5.74, 6) is -0.379. The van der Waals surface area contributed by atoms with Gasteiger partial charge in [-0.3, -0.25) is 9.59 Å². The van der Waals surface area contributed by atoms with Gasteiger partial charge < -0.3 is 16.0 Å². The number of rotatable bonds is 5. The van der Waals surface area contributed by atoms with Gasteiger partial charge in [0.1, 0.15) is 0 Å². The maximum atomic E-state index is 12.0. The third kappa shape index (κ3) is 3.32. The van der Waals surface area contributed by atoms with Crippen LogP contribution in [0.15, 0.2) is 29.2 Å². The van der Waals surface area contributed by atoms with Crippen molar-refractivity contribution in [2.24, 2.45) is 11.7 Å².